The van der Waals surface area contributed by atoms with Crippen LogP contribution >= 0.6 is 15.9 Å². The Hall–Kier alpha value is -0.870. The molecule has 0 heterocycles. The van der Waals surface area contributed by atoms with Crippen LogP contribution in [0.25, 0.3) is 0 Å². The fourth-order valence-electron chi connectivity index (χ4n) is 2.49. The summed E-state index contributed by atoms with van der Waals surface area (Å²) in [6.07, 6.45) is 3.83. The summed E-state index contributed by atoms with van der Waals surface area (Å²) in [5.41, 5.74) is 1.77. The minimum absolute atomic E-state index is 0.0709. The van der Waals surface area contributed by atoms with Crippen molar-refractivity contribution in [2.24, 2.45) is 5.92 Å². The topological polar surface area (TPSA) is 49.3 Å². The van der Waals surface area contributed by atoms with Crippen molar-refractivity contribution >= 4 is 21.8 Å². The Morgan fingerprint density at radius 3 is 2.84 bits per heavy atom. The molecule has 0 aromatic heterocycles. The highest BCUT2D eigenvalue weighted by Crippen LogP contribution is 2.24. The van der Waals surface area contributed by atoms with Crippen molar-refractivity contribution in [2.75, 3.05) is 6.54 Å². The van der Waals surface area contributed by atoms with Crippen LogP contribution < -0.4 is 5.32 Å². The van der Waals surface area contributed by atoms with Crippen LogP contribution in [0.2, 0.25) is 0 Å². The Balaban J connectivity index is 1.91. The quantitative estimate of drug-likeness (QED) is 0.897. The monoisotopic (exact) mass is 325 g/mol. The molecule has 1 aliphatic rings. The molecule has 4 heteroatoms. The molecule has 0 bridgehead atoms. The molecule has 1 amide bonds. The lowest BCUT2D eigenvalue weighted by Crippen LogP contribution is -2.36. The van der Waals surface area contributed by atoms with Gasteiger partial charge in [-0.2, -0.15) is 0 Å². The van der Waals surface area contributed by atoms with Gasteiger partial charge in [-0.05, 0) is 37.5 Å². The van der Waals surface area contributed by atoms with E-state index in [9.17, 15) is 9.90 Å². The molecule has 2 atom stereocenters. The highest BCUT2D eigenvalue weighted by Gasteiger charge is 2.23. The molecule has 1 aliphatic carbocycles. The van der Waals surface area contributed by atoms with Gasteiger partial charge in [-0.1, -0.05) is 34.8 Å². The van der Waals surface area contributed by atoms with E-state index < -0.39 is 0 Å². The van der Waals surface area contributed by atoms with E-state index in [1.165, 1.54) is 0 Å². The molecule has 104 valence electrons. The second-order valence-electron chi connectivity index (χ2n) is 5.29. The van der Waals surface area contributed by atoms with Crippen LogP contribution in [0.3, 0.4) is 0 Å². The van der Waals surface area contributed by atoms with Crippen molar-refractivity contribution in [1.29, 1.82) is 0 Å². The van der Waals surface area contributed by atoms with Crippen molar-refractivity contribution in [3.63, 3.8) is 0 Å². The molecular formula is C15H20BrNO2. The lowest BCUT2D eigenvalue weighted by Gasteiger charge is -2.27. The summed E-state index contributed by atoms with van der Waals surface area (Å²) in [4.78, 5) is 12.0. The molecule has 2 unspecified atom stereocenters. The average Bonchev–Trinajstić information content (AvgIpc) is 2.40. The second kappa shape index (κ2) is 6.53. The van der Waals surface area contributed by atoms with Gasteiger partial charge in [0.2, 0.25) is 0 Å². The smallest absolute Gasteiger partial charge is 0.251 e. The number of hydrogen-bond acceptors (Lipinski definition) is 2. The third-order valence-corrected chi connectivity index (χ3v) is 4.68. The van der Waals surface area contributed by atoms with Gasteiger partial charge < -0.3 is 10.4 Å². The molecule has 0 saturated heterocycles. The number of carbonyl (C=O) groups excluding carboxylic acids is 1. The average molecular weight is 326 g/mol. The summed E-state index contributed by atoms with van der Waals surface area (Å²) in [6, 6.07) is 5.59. The summed E-state index contributed by atoms with van der Waals surface area (Å²) in [7, 11) is 0. The van der Waals surface area contributed by atoms with Crippen molar-refractivity contribution in [3.8, 4) is 0 Å². The summed E-state index contributed by atoms with van der Waals surface area (Å²) in [5.74, 6) is 0.130. The minimum Gasteiger partial charge on any atom is -0.393 e. The third-order valence-electron chi connectivity index (χ3n) is 3.83. The zero-order chi connectivity index (χ0) is 13.8. The van der Waals surface area contributed by atoms with E-state index in [2.05, 4.69) is 21.2 Å². The van der Waals surface area contributed by atoms with Crippen molar-refractivity contribution in [3.05, 3.63) is 33.8 Å². The van der Waals surface area contributed by atoms with Gasteiger partial charge in [0.25, 0.3) is 5.91 Å². The van der Waals surface area contributed by atoms with Crippen molar-refractivity contribution < 1.29 is 9.90 Å². The van der Waals surface area contributed by atoms with Gasteiger partial charge >= 0.3 is 0 Å². The predicted molar refractivity (Wildman–Crippen MR) is 79.2 cm³/mol. The number of rotatable bonds is 3. The Morgan fingerprint density at radius 1 is 1.42 bits per heavy atom. The standard InChI is InChI=1S/C15H20BrNO2/c1-10-6-7-11(8-13(10)16)15(19)17-9-12-4-2-3-5-14(12)18/h6-8,12,14,18H,2-5,9H2,1H3,(H,17,19). The minimum atomic E-state index is -0.265. The lowest BCUT2D eigenvalue weighted by atomic mass is 9.86. The van der Waals surface area contributed by atoms with E-state index in [1.807, 2.05) is 25.1 Å². The lowest BCUT2D eigenvalue weighted by molar-refractivity contribution is 0.0663. The van der Waals surface area contributed by atoms with Crippen LogP contribution in [0, 0.1) is 12.8 Å². The first kappa shape index (κ1) is 14.5. The number of aliphatic hydroxyl groups excluding tert-OH is 1. The van der Waals surface area contributed by atoms with E-state index in [1.54, 1.807) is 0 Å². The van der Waals surface area contributed by atoms with Gasteiger partial charge in [-0.25, -0.2) is 0 Å². The number of amides is 1. The van der Waals surface area contributed by atoms with Gasteiger partial charge in [0.1, 0.15) is 0 Å². The van der Waals surface area contributed by atoms with E-state index in [-0.39, 0.29) is 17.9 Å². The Kier molecular flexibility index (Phi) is 4.99. The van der Waals surface area contributed by atoms with Crippen LogP contribution in [0.5, 0.6) is 0 Å². The van der Waals surface area contributed by atoms with E-state index in [0.717, 1.165) is 35.7 Å². The number of benzene rings is 1. The van der Waals surface area contributed by atoms with Crippen LogP contribution in [-0.2, 0) is 0 Å². The molecule has 0 aliphatic heterocycles. The fourth-order valence-corrected chi connectivity index (χ4v) is 2.86. The molecule has 1 saturated carbocycles. The number of aryl methyl sites for hydroxylation is 1. The maximum absolute atomic E-state index is 12.0. The molecular weight excluding hydrogens is 306 g/mol. The van der Waals surface area contributed by atoms with E-state index in [4.69, 9.17) is 0 Å². The third kappa shape index (κ3) is 3.80. The van der Waals surface area contributed by atoms with Crippen molar-refractivity contribution in [1.82, 2.24) is 5.32 Å². The zero-order valence-electron chi connectivity index (χ0n) is 11.2. The van der Waals surface area contributed by atoms with Crippen LogP contribution in [0.1, 0.15) is 41.6 Å². The first-order valence-corrected chi connectivity index (χ1v) is 7.59. The summed E-state index contributed by atoms with van der Waals surface area (Å²) < 4.78 is 0.942. The van der Waals surface area contributed by atoms with Crippen LogP contribution in [-0.4, -0.2) is 23.7 Å². The molecule has 1 aromatic carbocycles. The zero-order valence-corrected chi connectivity index (χ0v) is 12.7. The molecule has 1 fully saturated rings. The fraction of sp³-hybridized carbons (Fsp3) is 0.533. The first-order chi connectivity index (χ1) is 9.08. The molecule has 19 heavy (non-hydrogen) atoms. The number of halogens is 1. The van der Waals surface area contributed by atoms with Gasteiger partial charge in [-0.15, -0.1) is 0 Å². The first-order valence-electron chi connectivity index (χ1n) is 6.80. The number of carbonyl (C=O) groups is 1. The Labute approximate surface area is 122 Å². The van der Waals surface area contributed by atoms with E-state index >= 15 is 0 Å². The maximum Gasteiger partial charge on any atom is 0.251 e. The molecule has 2 N–H and O–H groups in total. The Bertz CT molecular complexity index is 461. The molecule has 2 rings (SSSR count). The van der Waals surface area contributed by atoms with Gasteiger partial charge in [-0.3, -0.25) is 4.79 Å². The van der Waals surface area contributed by atoms with Crippen molar-refractivity contribution in [2.45, 2.75) is 38.7 Å². The number of aliphatic hydroxyl groups is 1. The number of nitrogens with one attached hydrogen (secondary N) is 1. The maximum atomic E-state index is 12.0. The Morgan fingerprint density at radius 2 is 2.16 bits per heavy atom. The summed E-state index contributed by atoms with van der Waals surface area (Å²) in [5, 5.41) is 12.8. The summed E-state index contributed by atoms with van der Waals surface area (Å²) >= 11 is 3.43. The highest BCUT2D eigenvalue weighted by molar-refractivity contribution is 9.10. The normalized spacial score (nSPS) is 23.1. The predicted octanol–water partition coefficient (Wildman–Crippen LogP) is 3.04. The van der Waals surface area contributed by atoms with Gasteiger partial charge in [0.05, 0.1) is 6.10 Å². The van der Waals surface area contributed by atoms with Crippen LogP contribution in [0.15, 0.2) is 22.7 Å². The second-order valence-corrected chi connectivity index (χ2v) is 6.14. The van der Waals surface area contributed by atoms with Crippen LogP contribution in [0.4, 0.5) is 0 Å². The van der Waals surface area contributed by atoms with E-state index in [0.29, 0.717) is 12.1 Å². The molecule has 0 radical (unpaired) electrons. The van der Waals surface area contributed by atoms with Gasteiger partial charge in [0, 0.05) is 22.5 Å². The molecule has 1 aromatic rings. The largest absolute Gasteiger partial charge is 0.393 e. The highest BCUT2D eigenvalue weighted by atomic mass is 79.9. The summed E-state index contributed by atoms with van der Waals surface area (Å²) in [6.45, 7) is 2.55. The SMILES string of the molecule is Cc1ccc(C(=O)NCC2CCCCC2O)cc1Br. The number of hydrogen-bond donors (Lipinski definition) is 2. The molecule has 3 nitrogen and oxygen atoms in total. The molecule has 0 spiro atoms. The van der Waals surface area contributed by atoms with Gasteiger partial charge in [0.15, 0.2) is 0 Å².